The highest BCUT2D eigenvalue weighted by Crippen LogP contribution is 2.26. The number of aromatic hydroxyl groups is 1. The van der Waals surface area contributed by atoms with Crippen molar-refractivity contribution in [2.45, 2.75) is 6.92 Å². The lowest BCUT2D eigenvalue weighted by Crippen LogP contribution is -2.26. The molecular formula is C21H22N2O3. The Balaban J connectivity index is 2.84. The summed E-state index contributed by atoms with van der Waals surface area (Å²) in [5.41, 5.74) is 2.47. The molecule has 0 unspecified atom stereocenters. The molecule has 1 aromatic carbocycles. The molecule has 0 aliphatic carbocycles. The van der Waals surface area contributed by atoms with E-state index in [-0.39, 0.29) is 17.9 Å². The smallest absolute Gasteiger partial charge is 0.262 e. The molecule has 1 aromatic rings. The molecule has 0 heterocycles. The molecule has 0 atom stereocenters. The third-order valence-electron chi connectivity index (χ3n) is 3.62. The number of allylic oxidation sites excluding steroid dienone is 4. The van der Waals surface area contributed by atoms with E-state index in [2.05, 4.69) is 18.5 Å². The number of phenolic OH excluding ortho intramolecular Hbond substituents is 1. The average molecular weight is 350 g/mol. The van der Waals surface area contributed by atoms with Crippen molar-refractivity contribution >= 4 is 12.0 Å². The first-order chi connectivity index (χ1) is 12.5. The minimum absolute atomic E-state index is 0.0216. The van der Waals surface area contributed by atoms with Crippen molar-refractivity contribution in [2.75, 3.05) is 13.7 Å². The molecule has 26 heavy (non-hydrogen) atoms. The van der Waals surface area contributed by atoms with Crippen LogP contribution in [0.1, 0.15) is 12.5 Å². The molecule has 1 amide bonds. The summed E-state index contributed by atoms with van der Waals surface area (Å²) in [5, 5.41) is 21.4. The van der Waals surface area contributed by atoms with E-state index in [0.29, 0.717) is 5.75 Å². The predicted octanol–water partition coefficient (Wildman–Crippen LogP) is 3.67. The van der Waals surface area contributed by atoms with Gasteiger partial charge in [-0.25, -0.2) is 0 Å². The molecule has 0 saturated carbocycles. The number of nitrogens with one attached hydrogen (secondary N) is 1. The number of ether oxygens (including phenoxy) is 1. The second-order valence-electron chi connectivity index (χ2n) is 5.28. The second-order valence-corrected chi connectivity index (χ2v) is 5.28. The van der Waals surface area contributed by atoms with E-state index in [1.54, 1.807) is 36.4 Å². The summed E-state index contributed by atoms with van der Waals surface area (Å²) in [6.07, 6.45) is 8.03. The van der Waals surface area contributed by atoms with E-state index >= 15 is 0 Å². The maximum Gasteiger partial charge on any atom is 0.262 e. The topological polar surface area (TPSA) is 82.4 Å². The molecular weight excluding hydrogens is 328 g/mol. The molecule has 134 valence electrons. The Morgan fingerprint density at radius 3 is 2.69 bits per heavy atom. The minimum atomic E-state index is -0.475. The van der Waals surface area contributed by atoms with Gasteiger partial charge in [-0.2, -0.15) is 5.26 Å². The Morgan fingerprint density at radius 1 is 1.38 bits per heavy atom. The van der Waals surface area contributed by atoms with Crippen LogP contribution in [0.2, 0.25) is 0 Å². The van der Waals surface area contributed by atoms with Gasteiger partial charge in [-0.3, -0.25) is 4.79 Å². The molecule has 0 aliphatic rings. The molecule has 0 bridgehead atoms. The van der Waals surface area contributed by atoms with Crippen molar-refractivity contribution in [1.29, 1.82) is 5.26 Å². The summed E-state index contributed by atoms with van der Waals surface area (Å²) < 4.78 is 5.03. The van der Waals surface area contributed by atoms with Gasteiger partial charge in [0, 0.05) is 6.54 Å². The molecule has 0 saturated heterocycles. The fourth-order valence-corrected chi connectivity index (χ4v) is 1.99. The van der Waals surface area contributed by atoms with Crippen LogP contribution in [0.5, 0.6) is 11.5 Å². The second kappa shape index (κ2) is 10.4. The molecule has 5 nitrogen and oxygen atoms in total. The largest absolute Gasteiger partial charge is 0.504 e. The molecule has 5 heteroatoms. The number of hydrogen-bond donors (Lipinski definition) is 2. The van der Waals surface area contributed by atoms with E-state index < -0.39 is 5.91 Å². The average Bonchev–Trinajstić information content (AvgIpc) is 2.66. The molecule has 0 fully saturated rings. The van der Waals surface area contributed by atoms with Crippen LogP contribution in [0.3, 0.4) is 0 Å². The number of nitriles is 1. The van der Waals surface area contributed by atoms with Gasteiger partial charge in [-0.1, -0.05) is 43.5 Å². The number of hydrogen-bond acceptors (Lipinski definition) is 4. The van der Waals surface area contributed by atoms with E-state index in [9.17, 15) is 15.2 Å². The zero-order chi connectivity index (χ0) is 19.5. The highest BCUT2D eigenvalue weighted by atomic mass is 16.5. The Kier molecular flexibility index (Phi) is 8.18. The Bertz CT molecular complexity index is 824. The van der Waals surface area contributed by atoms with Crippen molar-refractivity contribution < 1.29 is 14.6 Å². The Labute approximate surface area is 153 Å². The summed E-state index contributed by atoms with van der Waals surface area (Å²) in [5.74, 6) is -0.0921. The summed E-state index contributed by atoms with van der Waals surface area (Å²) in [6, 6.07) is 6.71. The molecule has 0 spiro atoms. The van der Waals surface area contributed by atoms with Crippen LogP contribution in [-0.4, -0.2) is 24.7 Å². The highest BCUT2D eigenvalue weighted by molar-refractivity contribution is 5.97. The fraction of sp³-hybridized carbons (Fsp3) is 0.143. The van der Waals surface area contributed by atoms with Gasteiger partial charge in [0.1, 0.15) is 11.6 Å². The third kappa shape index (κ3) is 5.84. The number of rotatable bonds is 8. The lowest BCUT2D eigenvalue weighted by molar-refractivity contribution is -0.116. The van der Waals surface area contributed by atoms with Crippen LogP contribution >= 0.6 is 0 Å². The van der Waals surface area contributed by atoms with Crippen molar-refractivity contribution in [3.8, 4) is 17.6 Å². The van der Waals surface area contributed by atoms with E-state index in [1.165, 1.54) is 19.3 Å². The van der Waals surface area contributed by atoms with Gasteiger partial charge in [-0.15, -0.1) is 0 Å². The monoisotopic (exact) mass is 350 g/mol. The van der Waals surface area contributed by atoms with Crippen molar-refractivity contribution in [1.82, 2.24) is 5.32 Å². The molecule has 0 aliphatic heterocycles. The first-order valence-electron chi connectivity index (χ1n) is 7.85. The third-order valence-corrected chi connectivity index (χ3v) is 3.62. The molecule has 1 rings (SSSR count). The number of carbonyl (C=O) groups excluding carboxylic acids is 1. The standard InChI is InChI=1S/C21H22N2O3/c1-5-15(3)17(6-2)14-23-21(25)18(13-22)9-7-8-16-10-11-19(24)20(12-16)26-4/h5-12,24H,1-2,14H2,3-4H3,(H,23,25)/b8-7+,17-15+,18-9+. The van der Waals surface area contributed by atoms with E-state index in [0.717, 1.165) is 16.7 Å². The summed E-state index contributed by atoms with van der Waals surface area (Å²) in [4.78, 5) is 12.1. The normalized spacial score (nSPS) is 12.1. The highest BCUT2D eigenvalue weighted by Gasteiger charge is 2.08. The summed E-state index contributed by atoms with van der Waals surface area (Å²) >= 11 is 0. The molecule has 2 N–H and O–H groups in total. The summed E-state index contributed by atoms with van der Waals surface area (Å²) in [6.45, 7) is 9.51. The van der Waals surface area contributed by atoms with Crippen LogP contribution in [-0.2, 0) is 4.79 Å². The van der Waals surface area contributed by atoms with Gasteiger partial charge < -0.3 is 15.2 Å². The van der Waals surface area contributed by atoms with Gasteiger partial charge in [0.2, 0.25) is 0 Å². The van der Waals surface area contributed by atoms with Gasteiger partial charge in [0.25, 0.3) is 5.91 Å². The molecule has 0 radical (unpaired) electrons. The van der Waals surface area contributed by atoms with Gasteiger partial charge in [-0.05, 0) is 41.8 Å². The van der Waals surface area contributed by atoms with Gasteiger partial charge in [0.15, 0.2) is 11.5 Å². The van der Waals surface area contributed by atoms with Gasteiger partial charge in [0.05, 0.1) is 7.11 Å². The van der Waals surface area contributed by atoms with Crippen LogP contribution < -0.4 is 10.1 Å². The number of carbonyl (C=O) groups is 1. The van der Waals surface area contributed by atoms with Crippen molar-refractivity contribution in [3.05, 3.63) is 77.9 Å². The van der Waals surface area contributed by atoms with Crippen LogP contribution in [0, 0.1) is 11.3 Å². The van der Waals surface area contributed by atoms with Crippen LogP contribution in [0.25, 0.3) is 6.08 Å². The first kappa shape index (κ1) is 20.5. The number of nitrogens with zero attached hydrogens (tertiary/aromatic N) is 1. The van der Waals surface area contributed by atoms with E-state index in [1.807, 2.05) is 13.0 Å². The van der Waals surface area contributed by atoms with Gasteiger partial charge >= 0.3 is 0 Å². The minimum Gasteiger partial charge on any atom is -0.504 e. The summed E-state index contributed by atoms with van der Waals surface area (Å²) in [7, 11) is 1.46. The first-order valence-corrected chi connectivity index (χ1v) is 7.85. The zero-order valence-electron chi connectivity index (χ0n) is 15.0. The lowest BCUT2D eigenvalue weighted by atomic mass is 10.1. The Morgan fingerprint density at radius 2 is 2.12 bits per heavy atom. The maximum absolute atomic E-state index is 12.1. The maximum atomic E-state index is 12.1. The fourth-order valence-electron chi connectivity index (χ4n) is 1.99. The van der Waals surface area contributed by atoms with Crippen molar-refractivity contribution in [2.24, 2.45) is 0 Å². The number of amides is 1. The number of methoxy groups -OCH3 is 1. The van der Waals surface area contributed by atoms with Crippen LogP contribution in [0.4, 0.5) is 0 Å². The lowest BCUT2D eigenvalue weighted by Gasteiger charge is -2.07. The number of phenols is 1. The SMILES string of the molecule is C=C/C(C)=C(\C=C)CNC(=O)/C(C#N)=C/C=C/c1ccc(O)c(OC)c1. The van der Waals surface area contributed by atoms with E-state index in [4.69, 9.17) is 4.74 Å². The Hall–Kier alpha value is -3.52. The number of benzene rings is 1. The molecule has 0 aromatic heterocycles. The predicted molar refractivity (Wildman–Crippen MR) is 103 cm³/mol. The zero-order valence-corrected chi connectivity index (χ0v) is 15.0. The van der Waals surface area contributed by atoms with Crippen molar-refractivity contribution in [3.63, 3.8) is 0 Å². The van der Waals surface area contributed by atoms with Crippen LogP contribution in [0.15, 0.2) is 72.4 Å². The quantitative estimate of drug-likeness (QED) is 0.426.